The highest BCUT2D eigenvalue weighted by molar-refractivity contribution is 9.10. The summed E-state index contributed by atoms with van der Waals surface area (Å²) >= 11 is 4.99. The first kappa shape index (κ1) is 12.5. The molecule has 2 aromatic rings. The fourth-order valence-corrected chi connectivity index (χ4v) is 2.48. The quantitative estimate of drug-likeness (QED) is 0.944. The molecule has 0 saturated heterocycles. The highest BCUT2D eigenvalue weighted by Gasteiger charge is 2.05. The van der Waals surface area contributed by atoms with Crippen LogP contribution in [0.15, 0.2) is 51.2 Å². The van der Waals surface area contributed by atoms with E-state index in [1.807, 2.05) is 37.4 Å². The zero-order valence-electron chi connectivity index (χ0n) is 9.30. The second-order valence-electron chi connectivity index (χ2n) is 3.61. The molecule has 0 aliphatic rings. The highest BCUT2D eigenvalue weighted by Crippen LogP contribution is 2.30. The molecule has 0 amide bonds. The normalized spacial score (nSPS) is 12.4. The number of halogens is 1. The van der Waals surface area contributed by atoms with Crippen LogP contribution in [-0.2, 0) is 0 Å². The minimum atomic E-state index is 0.0168. The second kappa shape index (κ2) is 5.62. The average Bonchev–Trinajstić information content (AvgIpc) is 2.33. The molecule has 0 bridgehead atoms. The first-order valence-corrected chi connectivity index (χ1v) is 6.77. The molecule has 2 aromatic heterocycles. The van der Waals surface area contributed by atoms with Crippen molar-refractivity contribution in [1.29, 1.82) is 0 Å². The summed E-state index contributed by atoms with van der Waals surface area (Å²) in [6.07, 6.45) is 3.58. The predicted molar refractivity (Wildman–Crippen MR) is 72.9 cm³/mol. The SMILES string of the molecule is C[C@@H](N)c1ccc(Sc2ncccc2Br)nc1. The number of hydrogen-bond donors (Lipinski definition) is 1. The summed E-state index contributed by atoms with van der Waals surface area (Å²) in [7, 11) is 0. The van der Waals surface area contributed by atoms with E-state index in [0.29, 0.717) is 0 Å². The standard InChI is InChI=1S/C12H12BrN3S/c1-8(14)9-4-5-11(16-7-9)17-12-10(13)3-2-6-15-12/h2-8H,14H2,1H3/t8-/m1/s1. The van der Waals surface area contributed by atoms with Crippen molar-refractivity contribution in [2.45, 2.75) is 23.0 Å². The Labute approximate surface area is 113 Å². The van der Waals surface area contributed by atoms with E-state index in [0.717, 1.165) is 20.1 Å². The van der Waals surface area contributed by atoms with Gasteiger partial charge in [0.15, 0.2) is 0 Å². The van der Waals surface area contributed by atoms with Gasteiger partial charge < -0.3 is 5.73 Å². The summed E-state index contributed by atoms with van der Waals surface area (Å²) in [6.45, 7) is 1.94. The molecule has 0 aliphatic carbocycles. The summed E-state index contributed by atoms with van der Waals surface area (Å²) in [6, 6.07) is 7.83. The van der Waals surface area contributed by atoms with Crippen LogP contribution in [0.25, 0.3) is 0 Å². The Bertz CT molecular complexity index is 499. The Hall–Kier alpha value is -0.910. The summed E-state index contributed by atoms with van der Waals surface area (Å²) in [5.74, 6) is 0. The smallest absolute Gasteiger partial charge is 0.116 e. The summed E-state index contributed by atoms with van der Waals surface area (Å²) in [4.78, 5) is 8.64. The summed E-state index contributed by atoms with van der Waals surface area (Å²) < 4.78 is 0.975. The number of hydrogen-bond acceptors (Lipinski definition) is 4. The van der Waals surface area contributed by atoms with E-state index in [2.05, 4.69) is 25.9 Å². The van der Waals surface area contributed by atoms with Gasteiger partial charge in [0.05, 0.1) is 4.47 Å². The number of nitrogens with two attached hydrogens (primary N) is 1. The Morgan fingerprint density at radius 3 is 2.71 bits per heavy atom. The molecule has 1 atom stereocenters. The van der Waals surface area contributed by atoms with Gasteiger partial charge in [-0.3, -0.25) is 0 Å². The first-order chi connectivity index (χ1) is 8.16. The second-order valence-corrected chi connectivity index (χ2v) is 5.47. The van der Waals surface area contributed by atoms with Crippen molar-refractivity contribution in [2.24, 2.45) is 5.73 Å². The molecule has 0 aromatic carbocycles. The van der Waals surface area contributed by atoms with Crippen molar-refractivity contribution in [1.82, 2.24) is 9.97 Å². The van der Waals surface area contributed by atoms with Crippen molar-refractivity contribution >= 4 is 27.7 Å². The van der Waals surface area contributed by atoms with Crippen LogP contribution >= 0.6 is 27.7 Å². The number of nitrogens with zero attached hydrogens (tertiary/aromatic N) is 2. The van der Waals surface area contributed by atoms with Gasteiger partial charge in [-0.1, -0.05) is 6.07 Å². The van der Waals surface area contributed by atoms with E-state index in [9.17, 15) is 0 Å². The average molecular weight is 310 g/mol. The Morgan fingerprint density at radius 2 is 2.12 bits per heavy atom. The number of rotatable bonds is 3. The lowest BCUT2D eigenvalue weighted by molar-refractivity contribution is 0.806. The monoisotopic (exact) mass is 309 g/mol. The van der Waals surface area contributed by atoms with Gasteiger partial charge in [-0.25, -0.2) is 9.97 Å². The maximum atomic E-state index is 5.77. The van der Waals surface area contributed by atoms with Crippen LogP contribution in [0.1, 0.15) is 18.5 Å². The molecule has 0 saturated carbocycles. The number of pyridine rings is 2. The van der Waals surface area contributed by atoms with Crippen LogP contribution in [0.5, 0.6) is 0 Å². The van der Waals surface area contributed by atoms with Gasteiger partial charge in [0, 0.05) is 18.4 Å². The maximum absolute atomic E-state index is 5.77. The van der Waals surface area contributed by atoms with Crippen LogP contribution in [0, 0.1) is 0 Å². The molecule has 88 valence electrons. The highest BCUT2D eigenvalue weighted by atomic mass is 79.9. The molecule has 5 heteroatoms. The zero-order valence-corrected chi connectivity index (χ0v) is 11.7. The van der Waals surface area contributed by atoms with Gasteiger partial charge in [-0.15, -0.1) is 0 Å². The molecule has 0 fully saturated rings. The molecule has 17 heavy (non-hydrogen) atoms. The lowest BCUT2D eigenvalue weighted by Gasteiger charge is -2.06. The zero-order chi connectivity index (χ0) is 12.3. The first-order valence-electron chi connectivity index (χ1n) is 5.16. The summed E-state index contributed by atoms with van der Waals surface area (Å²) in [5, 5.41) is 1.82. The van der Waals surface area contributed by atoms with Crippen LogP contribution < -0.4 is 5.73 Å². The van der Waals surface area contributed by atoms with E-state index < -0.39 is 0 Å². The van der Waals surface area contributed by atoms with E-state index in [1.54, 1.807) is 6.20 Å². The fraction of sp³-hybridized carbons (Fsp3) is 0.167. The molecule has 2 N–H and O–H groups in total. The molecule has 2 rings (SSSR count). The van der Waals surface area contributed by atoms with Crippen molar-refractivity contribution in [3.05, 3.63) is 46.7 Å². The Balaban J connectivity index is 2.17. The molecule has 3 nitrogen and oxygen atoms in total. The maximum Gasteiger partial charge on any atom is 0.116 e. The Kier molecular flexibility index (Phi) is 4.15. The van der Waals surface area contributed by atoms with Crippen LogP contribution in [0.4, 0.5) is 0 Å². The summed E-state index contributed by atoms with van der Waals surface area (Å²) in [5.41, 5.74) is 6.81. The third kappa shape index (κ3) is 3.28. The van der Waals surface area contributed by atoms with Gasteiger partial charge >= 0.3 is 0 Å². The van der Waals surface area contributed by atoms with E-state index >= 15 is 0 Å². The van der Waals surface area contributed by atoms with E-state index in [-0.39, 0.29) is 6.04 Å². The molecule has 2 heterocycles. The third-order valence-corrected chi connectivity index (χ3v) is 4.08. The van der Waals surface area contributed by atoms with Crippen LogP contribution in [0.2, 0.25) is 0 Å². The predicted octanol–water partition coefficient (Wildman–Crippen LogP) is 3.41. The number of aromatic nitrogens is 2. The lowest BCUT2D eigenvalue weighted by Crippen LogP contribution is -2.04. The van der Waals surface area contributed by atoms with Crippen LogP contribution in [0.3, 0.4) is 0 Å². The van der Waals surface area contributed by atoms with Gasteiger partial charge in [0.2, 0.25) is 0 Å². The van der Waals surface area contributed by atoms with Crippen molar-refractivity contribution in [3.8, 4) is 0 Å². The van der Waals surface area contributed by atoms with Crippen molar-refractivity contribution < 1.29 is 0 Å². The largest absolute Gasteiger partial charge is 0.324 e. The van der Waals surface area contributed by atoms with Crippen molar-refractivity contribution in [2.75, 3.05) is 0 Å². The third-order valence-electron chi connectivity index (χ3n) is 2.21. The van der Waals surface area contributed by atoms with E-state index in [4.69, 9.17) is 5.73 Å². The van der Waals surface area contributed by atoms with Crippen molar-refractivity contribution in [3.63, 3.8) is 0 Å². The van der Waals surface area contributed by atoms with E-state index in [1.165, 1.54) is 11.8 Å². The van der Waals surface area contributed by atoms with Crippen LogP contribution in [-0.4, -0.2) is 9.97 Å². The minimum Gasteiger partial charge on any atom is -0.324 e. The Morgan fingerprint density at radius 1 is 1.29 bits per heavy atom. The lowest BCUT2D eigenvalue weighted by atomic mass is 10.2. The molecule has 0 radical (unpaired) electrons. The fourth-order valence-electron chi connectivity index (χ4n) is 1.27. The van der Waals surface area contributed by atoms with Gasteiger partial charge in [-0.05, 0) is 58.4 Å². The van der Waals surface area contributed by atoms with Gasteiger partial charge in [0.25, 0.3) is 0 Å². The minimum absolute atomic E-state index is 0.0168. The molecular weight excluding hydrogens is 298 g/mol. The van der Waals surface area contributed by atoms with Gasteiger partial charge in [-0.2, -0.15) is 0 Å². The topological polar surface area (TPSA) is 51.8 Å². The molecule has 0 spiro atoms. The molecular formula is C12H12BrN3S. The van der Waals surface area contributed by atoms with Gasteiger partial charge in [0.1, 0.15) is 10.1 Å². The molecule has 0 aliphatic heterocycles. The molecule has 0 unspecified atom stereocenters.